The van der Waals surface area contributed by atoms with E-state index in [0.29, 0.717) is 17.4 Å². The maximum absolute atomic E-state index is 13.2. The van der Waals surface area contributed by atoms with Gasteiger partial charge in [0.1, 0.15) is 11.6 Å². The van der Waals surface area contributed by atoms with Gasteiger partial charge in [0.25, 0.3) is 5.56 Å². The number of hydrogen-bond acceptors (Lipinski definition) is 4. The van der Waals surface area contributed by atoms with Crippen molar-refractivity contribution >= 4 is 18.1 Å². The number of fused-ring (bicyclic) bond motifs is 1. The highest BCUT2D eigenvalue weighted by atomic mass is 35.5. The second kappa shape index (κ2) is 8.45. The molecular weight excluding hydrogens is 427 g/mol. The van der Waals surface area contributed by atoms with Crippen LogP contribution in [0.3, 0.4) is 0 Å². The number of anilines is 1. The van der Waals surface area contributed by atoms with Crippen LogP contribution in [0.4, 0.5) is 10.1 Å². The first-order valence-corrected chi connectivity index (χ1v) is 12.0. The SMILES string of the molecule is Cl.O=c1[nH]c([C@@H]2CC[C@@H](N3CCN(c4ccc(F)cc4)CC3)C2)nc2c1CC1(CC2)CC1. The molecule has 0 radical (unpaired) electrons. The van der Waals surface area contributed by atoms with Crippen molar-refractivity contribution in [2.24, 2.45) is 5.41 Å². The lowest BCUT2D eigenvalue weighted by atomic mass is 9.84. The lowest BCUT2D eigenvalue weighted by Crippen LogP contribution is -2.49. The molecule has 0 bridgehead atoms. The van der Waals surface area contributed by atoms with Crippen molar-refractivity contribution < 1.29 is 4.39 Å². The monoisotopic (exact) mass is 458 g/mol. The first kappa shape index (κ1) is 21.9. The zero-order valence-electron chi connectivity index (χ0n) is 18.5. The summed E-state index contributed by atoms with van der Waals surface area (Å²) in [7, 11) is 0. The second-order valence-electron chi connectivity index (χ2n) is 10.2. The van der Waals surface area contributed by atoms with Crippen LogP contribution in [-0.2, 0) is 12.8 Å². The Labute approximate surface area is 194 Å². The highest BCUT2D eigenvalue weighted by molar-refractivity contribution is 5.85. The van der Waals surface area contributed by atoms with E-state index in [-0.39, 0.29) is 23.8 Å². The molecule has 0 amide bonds. The molecule has 1 saturated heterocycles. The van der Waals surface area contributed by atoms with Crippen LogP contribution in [0.25, 0.3) is 0 Å². The minimum absolute atomic E-state index is 0. The molecule has 2 saturated carbocycles. The molecule has 4 aliphatic rings. The maximum Gasteiger partial charge on any atom is 0.254 e. The number of benzene rings is 1. The van der Waals surface area contributed by atoms with E-state index in [1.165, 1.54) is 25.7 Å². The molecule has 2 heterocycles. The molecule has 6 rings (SSSR count). The molecule has 2 atom stereocenters. The molecule has 7 heteroatoms. The van der Waals surface area contributed by atoms with Crippen LogP contribution in [-0.4, -0.2) is 47.1 Å². The van der Waals surface area contributed by atoms with Crippen molar-refractivity contribution in [2.75, 3.05) is 31.1 Å². The number of nitrogens with zero attached hydrogens (tertiary/aromatic N) is 3. The van der Waals surface area contributed by atoms with Crippen LogP contribution in [0, 0.1) is 11.2 Å². The number of nitrogens with one attached hydrogen (secondary N) is 1. The van der Waals surface area contributed by atoms with E-state index in [1.54, 1.807) is 12.1 Å². The summed E-state index contributed by atoms with van der Waals surface area (Å²) >= 11 is 0. The second-order valence-corrected chi connectivity index (χ2v) is 10.2. The van der Waals surface area contributed by atoms with E-state index in [1.807, 2.05) is 12.1 Å². The first-order valence-electron chi connectivity index (χ1n) is 12.0. The topological polar surface area (TPSA) is 52.2 Å². The summed E-state index contributed by atoms with van der Waals surface area (Å²) in [5, 5.41) is 0. The van der Waals surface area contributed by atoms with Crippen LogP contribution in [0.1, 0.15) is 61.5 Å². The molecule has 3 aliphatic carbocycles. The van der Waals surface area contributed by atoms with E-state index in [2.05, 4.69) is 14.8 Å². The standard InChI is InChI=1S/C25H31FN4O.ClH/c26-18-2-5-19(6-3-18)29-11-13-30(14-12-29)20-4-1-17(15-20)23-27-22-7-8-25(9-10-25)16-21(22)24(31)28-23;/h2-3,5-6,17,20H,1,4,7-16H2,(H,27,28,31);1H/t17-,20-;/m1./s1. The number of H-pyrrole nitrogens is 1. The van der Waals surface area contributed by atoms with E-state index in [9.17, 15) is 9.18 Å². The summed E-state index contributed by atoms with van der Waals surface area (Å²) in [5.41, 5.74) is 3.72. The molecule has 172 valence electrons. The van der Waals surface area contributed by atoms with Crippen LogP contribution < -0.4 is 10.5 Å². The first-order chi connectivity index (χ1) is 15.1. The Morgan fingerprint density at radius 1 is 1.03 bits per heavy atom. The zero-order valence-corrected chi connectivity index (χ0v) is 19.3. The van der Waals surface area contributed by atoms with Gasteiger partial charge in [-0.1, -0.05) is 0 Å². The van der Waals surface area contributed by atoms with Gasteiger partial charge in [-0.25, -0.2) is 9.37 Å². The van der Waals surface area contributed by atoms with Gasteiger partial charge in [0.2, 0.25) is 0 Å². The summed E-state index contributed by atoms with van der Waals surface area (Å²) in [6.45, 7) is 4.01. The number of rotatable bonds is 3. The molecule has 1 aliphatic heterocycles. The minimum Gasteiger partial charge on any atom is -0.369 e. The summed E-state index contributed by atoms with van der Waals surface area (Å²) < 4.78 is 13.2. The predicted molar refractivity (Wildman–Crippen MR) is 126 cm³/mol. The number of aromatic nitrogens is 2. The summed E-state index contributed by atoms with van der Waals surface area (Å²) in [6, 6.07) is 7.40. The molecule has 1 aromatic heterocycles. The number of hydrogen-bond donors (Lipinski definition) is 1. The average molecular weight is 459 g/mol. The van der Waals surface area contributed by atoms with Crippen LogP contribution >= 0.6 is 12.4 Å². The molecule has 3 fully saturated rings. The molecular formula is C25H32ClFN4O. The Morgan fingerprint density at radius 3 is 2.50 bits per heavy atom. The Kier molecular flexibility index (Phi) is 5.79. The zero-order chi connectivity index (χ0) is 21.0. The van der Waals surface area contributed by atoms with Gasteiger partial charge in [-0.2, -0.15) is 0 Å². The van der Waals surface area contributed by atoms with Crippen molar-refractivity contribution in [3.63, 3.8) is 0 Å². The Morgan fingerprint density at radius 2 is 1.78 bits per heavy atom. The van der Waals surface area contributed by atoms with Gasteiger partial charge in [0, 0.05) is 49.4 Å². The van der Waals surface area contributed by atoms with Gasteiger partial charge in [-0.15, -0.1) is 12.4 Å². The van der Waals surface area contributed by atoms with E-state index in [0.717, 1.165) is 74.6 Å². The van der Waals surface area contributed by atoms with Crippen LogP contribution in [0.15, 0.2) is 29.1 Å². The molecule has 1 N–H and O–H groups in total. The summed E-state index contributed by atoms with van der Waals surface area (Å²) in [6.07, 6.45) is 9.06. The van der Waals surface area contributed by atoms with Crippen molar-refractivity contribution in [3.8, 4) is 0 Å². The third-order valence-corrected chi connectivity index (χ3v) is 8.33. The normalized spacial score (nSPS) is 26.6. The molecule has 1 spiro atoms. The van der Waals surface area contributed by atoms with Crippen molar-refractivity contribution in [3.05, 3.63) is 57.5 Å². The fraction of sp³-hybridized carbons (Fsp3) is 0.600. The predicted octanol–water partition coefficient (Wildman–Crippen LogP) is 4.06. The minimum atomic E-state index is -0.180. The fourth-order valence-corrected chi connectivity index (χ4v) is 6.13. The van der Waals surface area contributed by atoms with Gasteiger partial charge < -0.3 is 9.88 Å². The van der Waals surface area contributed by atoms with Gasteiger partial charge >= 0.3 is 0 Å². The van der Waals surface area contributed by atoms with Gasteiger partial charge in [0.05, 0.1) is 5.69 Å². The lowest BCUT2D eigenvalue weighted by molar-refractivity contribution is 0.186. The molecule has 1 aromatic carbocycles. The smallest absolute Gasteiger partial charge is 0.254 e. The van der Waals surface area contributed by atoms with Crippen molar-refractivity contribution in [2.45, 2.75) is 63.3 Å². The lowest BCUT2D eigenvalue weighted by Gasteiger charge is -2.39. The molecule has 2 aromatic rings. The molecule has 32 heavy (non-hydrogen) atoms. The average Bonchev–Trinajstić information content (AvgIpc) is 3.35. The Bertz CT molecular complexity index is 1030. The van der Waals surface area contributed by atoms with Crippen LogP contribution in [0.5, 0.6) is 0 Å². The molecule has 0 unspecified atom stereocenters. The third-order valence-electron chi connectivity index (χ3n) is 8.33. The summed E-state index contributed by atoms with van der Waals surface area (Å²) in [5.74, 6) is 1.12. The largest absolute Gasteiger partial charge is 0.369 e. The number of piperazine rings is 1. The number of aryl methyl sites for hydroxylation is 1. The van der Waals surface area contributed by atoms with E-state index >= 15 is 0 Å². The fourth-order valence-electron chi connectivity index (χ4n) is 6.13. The summed E-state index contributed by atoms with van der Waals surface area (Å²) in [4.78, 5) is 25.9. The Balaban J connectivity index is 0.00000216. The number of halogens is 2. The molecule has 5 nitrogen and oxygen atoms in total. The Hall–Kier alpha value is -1.92. The van der Waals surface area contributed by atoms with E-state index < -0.39 is 0 Å². The quantitative estimate of drug-likeness (QED) is 0.753. The highest BCUT2D eigenvalue weighted by Crippen LogP contribution is 2.54. The van der Waals surface area contributed by atoms with E-state index in [4.69, 9.17) is 4.98 Å². The highest BCUT2D eigenvalue weighted by Gasteiger charge is 2.46. The number of aromatic amines is 1. The maximum atomic E-state index is 13.2. The van der Waals surface area contributed by atoms with Gasteiger partial charge in [-0.05, 0) is 81.0 Å². The van der Waals surface area contributed by atoms with Gasteiger partial charge in [-0.3, -0.25) is 9.69 Å². The van der Waals surface area contributed by atoms with Crippen molar-refractivity contribution in [1.82, 2.24) is 14.9 Å². The third kappa shape index (κ3) is 4.08. The van der Waals surface area contributed by atoms with Gasteiger partial charge in [0.15, 0.2) is 0 Å². The van der Waals surface area contributed by atoms with Crippen molar-refractivity contribution in [1.29, 1.82) is 0 Å². The van der Waals surface area contributed by atoms with Crippen LogP contribution in [0.2, 0.25) is 0 Å².